The number of pyridine rings is 1. The number of aryl methyl sites for hydroxylation is 2. The van der Waals surface area contributed by atoms with E-state index in [1.807, 2.05) is 30.0 Å². The van der Waals surface area contributed by atoms with Crippen LogP contribution >= 0.6 is 0 Å². The first-order valence-electron chi connectivity index (χ1n) is 16.4. The number of phenolic OH excluding ortho intramolecular Hbond substituents is 1. The summed E-state index contributed by atoms with van der Waals surface area (Å²) in [6, 6.07) is 10.4. The quantitative estimate of drug-likeness (QED) is 0.232. The molecule has 0 bridgehead atoms. The molecule has 48 heavy (non-hydrogen) atoms. The van der Waals surface area contributed by atoms with Crippen molar-refractivity contribution in [2.24, 2.45) is 0 Å². The number of aromatic hydroxyl groups is 1. The van der Waals surface area contributed by atoms with Crippen LogP contribution in [0.1, 0.15) is 54.4 Å². The highest BCUT2D eigenvalue weighted by Gasteiger charge is 2.49. The summed E-state index contributed by atoms with van der Waals surface area (Å²) in [6.07, 6.45) is 4.04. The molecule has 0 amide bonds. The Bertz CT molecular complexity index is 2090. The number of benzene rings is 2. The summed E-state index contributed by atoms with van der Waals surface area (Å²) >= 11 is 0. The minimum atomic E-state index is -1.11. The molecule has 3 aromatic heterocycles. The van der Waals surface area contributed by atoms with Crippen LogP contribution in [0.15, 0.2) is 42.6 Å². The Labute approximate surface area is 274 Å². The standard InChI is InChI=1S/C35H35F2N7O4/c1-2-20-6-3-7-21-12-24(45)14-25(28(20)21)30-29(37)31-26(16-38-30)32(42-9-5-11-44-23(18-42)13-27(41-44)33(46)47)40-34(39-31)48-19-35-8-4-10-43(35)17-22(36)15-35/h3,6-7,12-14,16,22,45H,2,4-5,8-11,15,17-19H2,1H3,(H,46,47)/t22-,35+/m1/s1. The van der Waals surface area contributed by atoms with Gasteiger partial charge in [0.15, 0.2) is 11.5 Å². The summed E-state index contributed by atoms with van der Waals surface area (Å²) in [5.74, 6) is -1.41. The maximum atomic E-state index is 16.9. The van der Waals surface area contributed by atoms with Crippen molar-refractivity contribution in [1.82, 2.24) is 29.6 Å². The second-order valence-corrected chi connectivity index (χ2v) is 13.1. The summed E-state index contributed by atoms with van der Waals surface area (Å²) < 4.78 is 39.4. The monoisotopic (exact) mass is 655 g/mol. The third kappa shape index (κ3) is 5.07. The Morgan fingerprint density at radius 2 is 2.02 bits per heavy atom. The lowest BCUT2D eigenvalue weighted by molar-refractivity contribution is 0.0689. The summed E-state index contributed by atoms with van der Waals surface area (Å²) in [5.41, 5.74) is 1.66. The minimum absolute atomic E-state index is 0.00465. The third-order valence-corrected chi connectivity index (χ3v) is 10.1. The van der Waals surface area contributed by atoms with Gasteiger partial charge < -0.3 is 19.8 Å². The molecule has 0 saturated carbocycles. The number of hydrogen-bond acceptors (Lipinski definition) is 9. The van der Waals surface area contributed by atoms with Crippen LogP contribution in [-0.2, 0) is 19.5 Å². The lowest BCUT2D eigenvalue weighted by atomic mass is 9.95. The van der Waals surface area contributed by atoms with E-state index in [9.17, 15) is 19.4 Å². The number of aromatic nitrogens is 5. The maximum Gasteiger partial charge on any atom is 0.356 e. The number of alkyl halides is 1. The molecule has 0 spiro atoms. The minimum Gasteiger partial charge on any atom is -0.508 e. The molecule has 3 aliphatic rings. The number of aromatic carboxylic acids is 1. The zero-order valence-corrected chi connectivity index (χ0v) is 26.5. The van der Waals surface area contributed by atoms with Gasteiger partial charge in [-0.2, -0.15) is 15.1 Å². The number of phenols is 1. The molecule has 6 heterocycles. The fraction of sp³-hybridized carbons (Fsp3) is 0.400. The van der Waals surface area contributed by atoms with E-state index in [4.69, 9.17) is 9.72 Å². The van der Waals surface area contributed by atoms with Gasteiger partial charge in [0.1, 0.15) is 35.6 Å². The van der Waals surface area contributed by atoms with E-state index in [1.54, 1.807) is 16.9 Å². The van der Waals surface area contributed by atoms with Crippen molar-refractivity contribution in [2.75, 3.05) is 31.1 Å². The molecule has 248 valence electrons. The summed E-state index contributed by atoms with van der Waals surface area (Å²) in [5, 5.41) is 26.3. The average Bonchev–Trinajstić information content (AvgIpc) is 3.70. The summed E-state index contributed by atoms with van der Waals surface area (Å²) in [4.78, 5) is 29.7. The number of nitrogens with zero attached hydrogens (tertiary/aromatic N) is 7. The van der Waals surface area contributed by atoms with E-state index < -0.39 is 23.5 Å². The van der Waals surface area contributed by atoms with Gasteiger partial charge in [-0.25, -0.2) is 13.6 Å². The number of halogens is 2. The summed E-state index contributed by atoms with van der Waals surface area (Å²) in [6.45, 7) is 4.67. The van der Waals surface area contributed by atoms with Gasteiger partial charge >= 0.3 is 12.0 Å². The Morgan fingerprint density at radius 3 is 2.85 bits per heavy atom. The van der Waals surface area contributed by atoms with E-state index >= 15 is 4.39 Å². The number of anilines is 1. The van der Waals surface area contributed by atoms with Crippen molar-refractivity contribution in [3.05, 3.63) is 65.4 Å². The Kier molecular flexibility index (Phi) is 7.39. The molecule has 0 radical (unpaired) electrons. The Morgan fingerprint density at radius 1 is 1.15 bits per heavy atom. The lowest BCUT2D eigenvalue weighted by Gasteiger charge is -2.31. The molecule has 5 aromatic rings. The number of hydrogen-bond donors (Lipinski definition) is 2. The van der Waals surface area contributed by atoms with Crippen molar-refractivity contribution in [1.29, 1.82) is 0 Å². The molecule has 0 aliphatic carbocycles. The predicted molar refractivity (Wildman–Crippen MR) is 175 cm³/mol. The molecule has 0 unspecified atom stereocenters. The molecule has 2 saturated heterocycles. The van der Waals surface area contributed by atoms with Crippen molar-refractivity contribution in [3.63, 3.8) is 0 Å². The van der Waals surface area contributed by atoms with Gasteiger partial charge in [0, 0.05) is 37.8 Å². The molecule has 11 nitrogen and oxygen atoms in total. The molecular weight excluding hydrogens is 620 g/mol. The number of fused-ring (bicyclic) bond motifs is 4. The van der Waals surface area contributed by atoms with E-state index in [2.05, 4.69) is 20.0 Å². The van der Waals surface area contributed by atoms with Gasteiger partial charge in [-0.1, -0.05) is 25.1 Å². The molecule has 2 N–H and O–H groups in total. The smallest absolute Gasteiger partial charge is 0.356 e. The first kappa shape index (κ1) is 30.4. The normalized spacial score (nSPS) is 21.1. The molecule has 2 fully saturated rings. The van der Waals surface area contributed by atoms with E-state index in [-0.39, 0.29) is 41.8 Å². The highest BCUT2D eigenvalue weighted by molar-refractivity contribution is 6.01. The lowest BCUT2D eigenvalue weighted by Crippen LogP contribution is -2.43. The number of carboxylic acid groups (broad SMARTS) is 1. The van der Waals surface area contributed by atoms with Crippen LogP contribution in [0.3, 0.4) is 0 Å². The van der Waals surface area contributed by atoms with Gasteiger partial charge in [-0.05, 0) is 66.8 Å². The van der Waals surface area contributed by atoms with E-state index in [0.717, 1.165) is 35.7 Å². The Balaban J connectivity index is 1.27. The average molecular weight is 656 g/mol. The predicted octanol–water partition coefficient (Wildman–Crippen LogP) is 5.51. The van der Waals surface area contributed by atoms with Gasteiger partial charge in [0.25, 0.3) is 0 Å². The van der Waals surface area contributed by atoms with Crippen molar-refractivity contribution >= 4 is 33.5 Å². The van der Waals surface area contributed by atoms with Gasteiger partial charge in [0.05, 0.1) is 23.2 Å². The van der Waals surface area contributed by atoms with E-state index in [0.29, 0.717) is 61.4 Å². The fourth-order valence-corrected chi connectivity index (χ4v) is 7.88. The summed E-state index contributed by atoms with van der Waals surface area (Å²) in [7, 11) is 0. The van der Waals surface area contributed by atoms with Crippen molar-refractivity contribution < 1.29 is 28.5 Å². The second-order valence-electron chi connectivity index (χ2n) is 13.1. The largest absolute Gasteiger partial charge is 0.508 e. The number of ether oxygens (including phenoxy) is 1. The Hall–Kier alpha value is -4.91. The maximum absolute atomic E-state index is 16.9. The first-order valence-corrected chi connectivity index (χ1v) is 16.4. The molecule has 13 heteroatoms. The molecular formula is C35H35F2N7O4. The van der Waals surface area contributed by atoms with Crippen molar-refractivity contribution in [3.8, 4) is 23.0 Å². The SMILES string of the molecule is CCc1cccc2cc(O)cc(-c3ncc4c(N5CCCn6nc(C(=O)O)cc6C5)nc(OC[C@@]56CCCN5C[C@H](F)C6)nc4c3F)c12. The molecule has 8 rings (SSSR count). The zero-order chi connectivity index (χ0) is 33.2. The molecule has 2 atom stereocenters. The first-order chi connectivity index (χ1) is 23.2. The van der Waals surface area contributed by atoms with Crippen LogP contribution in [-0.4, -0.2) is 83.8 Å². The molecule has 3 aliphatic heterocycles. The highest BCUT2D eigenvalue weighted by atomic mass is 19.1. The molecule has 2 aromatic carbocycles. The van der Waals surface area contributed by atoms with E-state index in [1.165, 1.54) is 12.1 Å². The van der Waals surface area contributed by atoms with Crippen LogP contribution in [0.25, 0.3) is 32.9 Å². The number of carbonyl (C=O) groups is 1. The number of carboxylic acids is 1. The fourth-order valence-electron chi connectivity index (χ4n) is 7.88. The van der Waals surface area contributed by atoms with Crippen molar-refractivity contribution in [2.45, 2.75) is 63.8 Å². The van der Waals surface area contributed by atoms with Crippen LogP contribution in [0.4, 0.5) is 14.6 Å². The van der Waals surface area contributed by atoms with Crippen LogP contribution < -0.4 is 9.64 Å². The number of rotatable bonds is 7. The highest BCUT2D eigenvalue weighted by Crippen LogP contribution is 2.42. The van der Waals surface area contributed by atoms with Gasteiger partial charge in [-0.15, -0.1) is 0 Å². The third-order valence-electron chi connectivity index (χ3n) is 10.1. The second kappa shape index (κ2) is 11.7. The van der Waals surface area contributed by atoms with Gasteiger partial charge in [-0.3, -0.25) is 14.6 Å². The van der Waals surface area contributed by atoms with Crippen LogP contribution in [0.2, 0.25) is 0 Å². The topological polar surface area (TPSA) is 130 Å². The zero-order valence-electron chi connectivity index (χ0n) is 26.5. The van der Waals surface area contributed by atoms with Gasteiger partial charge in [0.2, 0.25) is 0 Å². The van der Waals surface area contributed by atoms with Crippen LogP contribution in [0.5, 0.6) is 11.8 Å². The van der Waals surface area contributed by atoms with Crippen LogP contribution in [0, 0.1) is 5.82 Å².